The Kier molecular flexibility index (Phi) is 11.5. The van der Waals surface area contributed by atoms with Crippen LogP contribution >= 0.6 is 0 Å². The lowest BCUT2D eigenvalue weighted by Gasteiger charge is -2.01. The Balaban J connectivity index is 0.00000106. The number of hydrogen-bond donors (Lipinski definition) is 1. The van der Waals surface area contributed by atoms with Crippen molar-refractivity contribution < 1.29 is 14.4 Å². The van der Waals surface area contributed by atoms with Crippen LogP contribution in [0, 0.1) is 0 Å². The number of aliphatic hydroxyl groups excluding tert-OH is 1. The Morgan fingerprint density at radius 2 is 2.00 bits per heavy atom. The van der Waals surface area contributed by atoms with Gasteiger partial charge in [-0.15, -0.1) is 0 Å². The first-order chi connectivity index (χ1) is 7.93. The summed E-state index contributed by atoms with van der Waals surface area (Å²) < 4.78 is 10.1. The fourth-order valence-corrected chi connectivity index (χ4v) is 1.14. The van der Waals surface area contributed by atoms with Crippen LogP contribution in [0.3, 0.4) is 0 Å². The standard InChI is InChI=1S/C10H17NO3.C2H6/c12-6-1-2-7-13-8-3-4-10-5-9-14-11-10;1-2/h5,9,12H,1-4,6-8H2;1-2H3. The lowest BCUT2D eigenvalue weighted by atomic mass is 10.2. The van der Waals surface area contributed by atoms with Crippen molar-refractivity contribution in [2.45, 2.75) is 39.5 Å². The molecule has 0 atom stereocenters. The molecule has 1 aromatic heterocycles. The minimum atomic E-state index is 0.252. The van der Waals surface area contributed by atoms with Crippen LogP contribution in [0.25, 0.3) is 0 Å². The molecule has 1 rings (SSSR count). The van der Waals surface area contributed by atoms with Crippen molar-refractivity contribution in [2.24, 2.45) is 0 Å². The van der Waals surface area contributed by atoms with Crippen molar-refractivity contribution in [3.63, 3.8) is 0 Å². The van der Waals surface area contributed by atoms with Crippen molar-refractivity contribution in [1.82, 2.24) is 5.16 Å². The van der Waals surface area contributed by atoms with Gasteiger partial charge in [-0.3, -0.25) is 0 Å². The van der Waals surface area contributed by atoms with E-state index in [1.54, 1.807) is 6.26 Å². The molecule has 0 aliphatic carbocycles. The Labute approximate surface area is 97.6 Å². The predicted octanol–water partition coefficient (Wildman–Crippen LogP) is 2.42. The molecule has 0 bridgehead atoms. The number of aliphatic hydroxyl groups is 1. The molecule has 0 radical (unpaired) electrons. The molecule has 0 fully saturated rings. The van der Waals surface area contributed by atoms with Gasteiger partial charge in [0.2, 0.25) is 0 Å². The van der Waals surface area contributed by atoms with E-state index < -0.39 is 0 Å². The van der Waals surface area contributed by atoms with Crippen LogP contribution in [0.5, 0.6) is 0 Å². The van der Waals surface area contributed by atoms with E-state index in [1.165, 1.54) is 0 Å². The summed E-state index contributed by atoms with van der Waals surface area (Å²) in [7, 11) is 0. The largest absolute Gasteiger partial charge is 0.396 e. The van der Waals surface area contributed by atoms with Gasteiger partial charge >= 0.3 is 0 Å². The number of ether oxygens (including phenoxy) is 1. The van der Waals surface area contributed by atoms with Crippen molar-refractivity contribution in [2.75, 3.05) is 19.8 Å². The van der Waals surface area contributed by atoms with E-state index >= 15 is 0 Å². The van der Waals surface area contributed by atoms with Crippen molar-refractivity contribution in [1.29, 1.82) is 0 Å². The molecule has 1 N–H and O–H groups in total. The number of unbranched alkanes of at least 4 members (excludes halogenated alkanes) is 1. The van der Waals surface area contributed by atoms with E-state index in [0.717, 1.165) is 44.6 Å². The zero-order valence-corrected chi connectivity index (χ0v) is 10.3. The van der Waals surface area contributed by atoms with Crippen LogP contribution in [-0.4, -0.2) is 30.1 Å². The van der Waals surface area contributed by atoms with Gasteiger partial charge in [-0.25, -0.2) is 0 Å². The van der Waals surface area contributed by atoms with Crippen molar-refractivity contribution >= 4 is 0 Å². The van der Waals surface area contributed by atoms with Crippen LogP contribution in [0.2, 0.25) is 0 Å². The van der Waals surface area contributed by atoms with E-state index in [9.17, 15) is 0 Å². The summed E-state index contributed by atoms with van der Waals surface area (Å²) in [6, 6.07) is 1.87. The van der Waals surface area contributed by atoms with Crippen molar-refractivity contribution in [3.05, 3.63) is 18.0 Å². The summed E-state index contributed by atoms with van der Waals surface area (Å²) in [4.78, 5) is 0. The molecule has 1 heterocycles. The second-order valence-corrected chi connectivity index (χ2v) is 3.14. The molecule has 1 aromatic rings. The van der Waals surface area contributed by atoms with Crippen LogP contribution in [-0.2, 0) is 11.2 Å². The highest BCUT2D eigenvalue weighted by molar-refractivity contribution is 4.94. The number of aryl methyl sites for hydroxylation is 1. The maximum Gasteiger partial charge on any atom is 0.124 e. The SMILES string of the molecule is CC.OCCCCOCCCc1ccon1. The Morgan fingerprint density at radius 3 is 2.62 bits per heavy atom. The van der Waals surface area contributed by atoms with E-state index in [1.807, 2.05) is 19.9 Å². The van der Waals surface area contributed by atoms with Gasteiger partial charge in [0.05, 0.1) is 5.69 Å². The summed E-state index contributed by atoms with van der Waals surface area (Å²) in [5.74, 6) is 0. The molecule has 4 heteroatoms. The molecule has 0 aliphatic rings. The molecule has 16 heavy (non-hydrogen) atoms. The molecule has 94 valence electrons. The summed E-state index contributed by atoms with van der Waals surface area (Å²) in [5.41, 5.74) is 0.976. The highest BCUT2D eigenvalue weighted by atomic mass is 16.5. The zero-order chi connectivity index (χ0) is 12.1. The monoisotopic (exact) mass is 229 g/mol. The predicted molar refractivity (Wildman–Crippen MR) is 63.3 cm³/mol. The number of rotatable bonds is 8. The Bertz CT molecular complexity index is 212. The van der Waals surface area contributed by atoms with E-state index in [-0.39, 0.29) is 6.61 Å². The third-order valence-electron chi connectivity index (χ3n) is 1.91. The highest BCUT2D eigenvalue weighted by Crippen LogP contribution is 1.99. The molecule has 0 aromatic carbocycles. The van der Waals surface area contributed by atoms with Gasteiger partial charge < -0.3 is 14.4 Å². The Hall–Kier alpha value is -0.870. The maximum atomic E-state index is 8.52. The van der Waals surface area contributed by atoms with Crippen LogP contribution in [0.1, 0.15) is 38.8 Å². The third-order valence-corrected chi connectivity index (χ3v) is 1.91. The first-order valence-corrected chi connectivity index (χ1v) is 6.01. The topological polar surface area (TPSA) is 55.5 Å². The maximum absolute atomic E-state index is 8.52. The normalized spacial score (nSPS) is 9.69. The molecule has 4 nitrogen and oxygen atoms in total. The molecule has 0 saturated heterocycles. The first kappa shape index (κ1) is 15.1. The average molecular weight is 229 g/mol. The number of nitrogens with zero attached hydrogens (tertiary/aromatic N) is 1. The quantitative estimate of drug-likeness (QED) is 0.695. The van der Waals surface area contributed by atoms with E-state index in [2.05, 4.69) is 5.16 Å². The second kappa shape index (κ2) is 12.2. The van der Waals surface area contributed by atoms with Gasteiger partial charge in [0.15, 0.2) is 0 Å². The van der Waals surface area contributed by atoms with Crippen LogP contribution in [0.4, 0.5) is 0 Å². The first-order valence-electron chi connectivity index (χ1n) is 6.01. The van der Waals surface area contributed by atoms with E-state index in [4.69, 9.17) is 14.4 Å². The molecule has 0 spiro atoms. The smallest absolute Gasteiger partial charge is 0.124 e. The molecular weight excluding hydrogens is 206 g/mol. The fraction of sp³-hybridized carbons (Fsp3) is 0.750. The highest BCUT2D eigenvalue weighted by Gasteiger charge is 1.96. The lowest BCUT2D eigenvalue weighted by Crippen LogP contribution is -1.99. The molecule has 0 amide bonds. The van der Waals surface area contributed by atoms with Gasteiger partial charge in [-0.2, -0.15) is 0 Å². The van der Waals surface area contributed by atoms with Gasteiger partial charge in [0, 0.05) is 25.9 Å². The molecular formula is C12H23NO3. The molecule has 0 unspecified atom stereocenters. The minimum Gasteiger partial charge on any atom is -0.396 e. The van der Waals surface area contributed by atoms with Crippen molar-refractivity contribution in [3.8, 4) is 0 Å². The Morgan fingerprint density at radius 1 is 1.25 bits per heavy atom. The lowest BCUT2D eigenvalue weighted by molar-refractivity contribution is 0.123. The summed E-state index contributed by atoms with van der Waals surface area (Å²) in [6.07, 6.45) is 5.20. The van der Waals surface area contributed by atoms with Gasteiger partial charge in [-0.05, 0) is 25.7 Å². The van der Waals surface area contributed by atoms with Gasteiger partial charge in [0.1, 0.15) is 6.26 Å². The number of hydrogen-bond acceptors (Lipinski definition) is 4. The fourth-order valence-electron chi connectivity index (χ4n) is 1.14. The third kappa shape index (κ3) is 8.44. The summed E-state index contributed by atoms with van der Waals surface area (Å²) >= 11 is 0. The van der Waals surface area contributed by atoms with Crippen LogP contribution in [0.15, 0.2) is 16.9 Å². The average Bonchev–Trinajstić information content (AvgIpc) is 2.84. The minimum absolute atomic E-state index is 0.252. The number of aromatic nitrogens is 1. The summed E-state index contributed by atoms with van der Waals surface area (Å²) in [6.45, 7) is 5.74. The van der Waals surface area contributed by atoms with Gasteiger partial charge in [-0.1, -0.05) is 19.0 Å². The van der Waals surface area contributed by atoms with Gasteiger partial charge in [0.25, 0.3) is 0 Å². The summed E-state index contributed by atoms with van der Waals surface area (Å²) in [5, 5.41) is 12.3. The molecule has 0 aliphatic heterocycles. The zero-order valence-electron chi connectivity index (χ0n) is 10.3. The molecule has 0 saturated carbocycles. The second-order valence-electron chi connectivity index (χ2n) is 3.14. The van der Waals surface area contributed by atoms with Crippen LogP contribution < -0.4 is 0 Å². The van der Waals surface area contributed by atoms with E-state index in [0.29, 0.717) is 0 Å².